The predicted octanol–water partition coefficient (Wildman–Crippen LogP) is 3.39. The van der Waals surface area contributed by atoms with Gasteiger partial charge in [0.15, 0.2) is 14.6 Å². The van der Waals surface area contributed by atoms with E-state index < -0.39 is 21.7 Å². The molecular formula is C21H22N2O5S3. The Hall–Kier alpha value is -2.43. The number of ether oxygens (including phenoxy) is 1. The second-order valence-corrected chi connectivity index (χ2v) is 10.8. The minimum absolute atomic E-state index is 0.0176. The Bertz CT molecular complexity index is 1310. The van der Waals surface area contributed by atoms with Gasteiger partial charge in [0.25, 0.3) is 5.91 Å². The number of amides is 1. The van der Waals surface area contributed by atoms with Gasteiger partial charge in [-0.3, -0.25) is 4.79 Å². The maximum Gasteiger partial charge on any atom is 0.337 e. The number of sulfone groups is 1. The molecule has 0 fully saturated rings. The number of carbonyl (C=O) groups is 2. The third-order valence-electron chi connectivity index (χ3n) is 4.65. The van der Waals surface area contributed by atoms with Crippen LogP contribution in [0, 0.1) is 0 Å². The monoisotopic (exact) mass is 478 g/mol. The lowest BCUT2D eigenvalue weighted by Gasteiger charge is -2.06. The third-order valence-corrected chi connectivity index (χ3v) is 8.07. The number of nitrogens with zero attached hydrogens (tertiary/aromatic N) is 2. The van der Waals surface area contributed by atoms with Crippen molar-refractivity contribution in [3.8, 4) is 0 Å². The highest BCUT2D eigenvalue weighted by Crippen LogP contribution is 2.21. The van der Waals surface area contributed by atoms with E-state index in [0.29, 0.717) is 16.9 Å². The Morgan fingerprint density at radius 2 is 1.94 bits per heavy atom. The van der Waals surface area contributed by atoms with Crippen molar-refractivity contribution in [1.29, 1.82) is 0 Å². The van der Waals surface area contributed by atoms with Crippen LogP contribution in [-0.2, 0) is 21.1 Å². The zero-order chi connectivity index (χ0) is 22.6. The molecule has 0 atom stereocenters. The maximum absolute atomic E-state index is 13.0. The summed E-state index contributed by atoms with van der Waals surface area (Å²) in [6, 6.07) is 11.3. The highest BCUT2D eigenvalue weighted by Gasteiger charge is 2.21. The van der Waals surface area contributed by atoms with Gasteiger partial charge in [-0.2, -0.15) is 16.8 Å². The van der Waals surface area contributed by atoms with Crippen LogP contribution < -0.4 is 4.80 Å². The molecule has 1 amide bonds. The van der Waals surface area contributed by atoms with Gasteiger partial charge in [-0.05, 0) is 36.6 Å². The number of thiazole rings is 1. The molecule has 0 aliphatic heterocycles. The van der Waals surface area contributed by atoms with Crippen molar-refractivity contribution in [3.63, 3.8) is 0 Å². The van der Waals surface area contributed by atoms with E-state index in [2.05, 4.69) is 4.99 Å². The first-order chi connectivity index (χ1) is 14.8. The smallest absolute Gasteiger partial charge is 0.337 e. The maximum atomic E-state index is 13.0. The zero-order valence-corrected chi connectivity index (χ0v) is 19.8. The van der Waals surface area contributed by atoms with Gasteiger partial charge in [0.1, 0.15) is 0 Å². The summed E-state index contributed by atoms with van der Waals surface area (Å²) in [6.07, 6.45) is 1.98. The Morgan fingerprint density at radius 3 is 2.61 bits per heavy atom. The average Bonchev–Trinajstić information content (AvgIpc) is 3.12. The molecular weight excluding hydrogens is 456 g/mol. The number of thioether (sulfide) groups is 1. The molecule has 31 heavy (non-hydrogen) atoms. The largest absolute Gasteiger partial charge is 0.465 e. The molecule has 0 radical (unpaired) electrons. The lowest BCUT2D eigenvalue weighted by atomic mass is 10.2. The molecule has 10 heteroatoms. The van der Waals surface area contributed by atoms with Crippen LogP contribution >= 0.6 is 23.1 Å². The fourth-order valence-electron chi connectivity index (χ4n) is 3.02. The molecule has 0 aliphatic carbocycles. The number of methoxy groups -OCH3 is 1. The molecule has 7 nitrogen and oxygen atoms in total. The normalized spacial score (nSPS) is 12.3. The summed E-state index contributed by atoms with van der Waals surface area (Å²) >= 11 is 2.92. The predicted molar refractivity (Wildman–Crippen MR) is 124 cm³/mol. The third kappa shape index (κ3) is 4.91. The lowest BCUT2D eigenvalue weighted by Crippen LogP contribution is -2.19. The van der Waals surface area contributed by atoms with Crippen molar-refractivity contribution in [2.24, 2.45) is 4.99 Å². The highest BCUT2D eigenvalue weighted by molar-refractivity contribution is 7.98. The number of benzene rings is 2. The highest BCUT2D eigenvalue weighted by atomic mass is 32.2. The number of hydrogen-bond donors (Lipinski definition) is 0. The van der Waals surface area contributed by atoms with Crippen molar-refractivity contribution in [2.75, 3.05) is 24.9 Å². The van der Waals surface area contributed by atoms with Gasteiger partial charge in [-0.25, -0.2) is 13.2 Å². The zero-order valence-electron chi connectivity index (χ0n) is 17.3. The van der Waals surface area contributed by atoms with Crippen LogP contribution in [0.2, 0.25) is 0 Å². The minimum Gasteiger partial charge on any atom is -0.465 e. The Balaban J connectivity index is 2.17. The summed E-state index contributed by atoms with van der Waals surface area (Å²) in [7, 11) is -2.25. The Morgan fingerprint density at radius 1 is 1.19 bits per heavy atom. The number of fused-ring (bicyclic) bond motifs is 1. The number of carbonyl (C=O) groups excluding carboxylic acids is 2. The second-order valence-electron chi connectivity index (χ2n) is 6.52. The molecule has 164 valence electrons. The van der Waals surface area contributed by atoms with Gasteiger partial charge in [0.2, 0.25) is 0 Å². The van der Waals surface area contributed by atoms with Crippen molar-refractivity contribution >= 4 is 55.0 Å². The van der Waals surface area contributed by atoms with E-state index >= 15 is 0 Å². The van der Waals surface area contributed by atoms with Gasteiger partial charge in [0.05, 0.1) is 39.1 Å². The average molecular weight is 479 g/mol. The first-order valence-corrected chi connectivity index (χ1v) is 13.3. The number of aryl methyl sites for hydroxylation is 1. The molecule has 1 heterocycles. The molecule has 0 unspecified atom stereocenters. The van der Waals surface area contributed by atoms with Crippen LogP contribution in [0.5, 0.6) is 0 Å². The molecule has 1 aromatic heterocycles. The summed E-state index contributed by atoms with van der Waals surface area (Å²) < 4.78 is 32.3. The van der Waals surface area contributed by atoms with Crippen LogP contribution in [0.1, 0.15) is 27.6 Å². The molecule has 2 aromatic carbocycles. The van der Waals surface area contributed by atoms with Crippen molar-refractivity contribution in [2.45, 2.75) is 18.4 Å². The fraction of sp³-hybridized carbons (Fsp3) is 0.286. The lowest BCUT2D eigenvalue weighted by molar-refractivity contribution is 0.0600. The van der Waals surface area contributed by atoms with Gasteiger partial charge in [-0.1, -0.05) is 30.4 Å². The number of hydrogen-bond acceptors (Lipinski definition) is 7. The summed E-state index contributed by atoms with van der Waals surface area (Å²) in [5.41, 5.74) is 1.30. The van der Waals surface area contributed by atoms with Gasteiger partial charge < -0.3 is 9.30 Å². The van der Waals surface area contributed by atoms with E-state index in [0.717, 1.165) is 16.0 Å². The van der Waals surface area contributed by atoms with Crippen LogP contribution in [0.15, 0.2) is 52.4 Å². The van der Waals surface area contributed by atoms with E-state index in [-0.39, 0.29) is 16.2 Å². The van der Waals surface area contributed by atoms with E-state index in [4.69, 9.17) is 4.74 Å². The molecule has 0 bridgehead atoms. The Labute approximate surface area is 188 Å². The van der Waals surface area contributed by atoms with Crippen molar-refractivity contribution < 1.29 is 22.7 Å². The van der Waals surface area contributed by atoms with Crippen LogP contribution in [0.25, 0.3) is 10.2 Å². The molecule has 0 saturated carbocycles. The van der Waals surface area contributed by atoms with Gasteiger partial charge >= 0.3 is 5.97 Å². The quantitative estimate of drug-likeness (QED) is 0.483. The van der Waals surface area contributed by atoms with Crippen LogP contribution in [0.3, 0.4) is 0 Å². The SMILES string of the molecule is CCS(=O)(=O)c1ccccc1C(=O)N=c1sc2cc(C(=O)OC)ccc2n1CCSC. The van der Waals surface area contributed by atoms with Crippen LogP contribution in [-0.4, -0.2) is 49.7 Å². The van der Waals surface area contributed by atoms with E-state index in [1.807, 2.05) is 10.8 Å². The van der Waals surface area contributed by atoms with Crippen LogP contribution in [0.4, 0.5) is 0 Å². The number of rotatable bonds is 7. The molecule has 3 aromatic rings. The number of aromatic nitrogens is 1. The fourth-order valence-corrected chi connectivity index (χ4v) is 5.57. The number of esters is 1. The molecule has 3 rings (SSSR count). The summed E-state index contributed by atoms with van der Waals surface area (Å²) in [6.45, 7) is 2.15. The molecule has 0 N–H and O–H groups in total. The molecule has 0 spiro atoms. The van der Waals surface area contributed by atoms with E-state index in [9.17, 15) is 18.0 Å². The van der Waals surface area contributed by atoms with Gasteiger partial charge in [-0.15, -0.1) is 0 Å². The summed E-state index contributed by atoms with van der Waals surface area (Å²) in [4.78, 5) is 29.6. The van der Waals surface area contributed by atoms with Gasteiger partial charge in [0, 0.05) is 12.3 Å². The van der Waals surface area contributed by atoms with E-state index in [1.165, 1.54) is 37.5 Å². The first kappa shape index (κ1) is 23.2. The standard InChI is InChI=1S/C21H22N2O5S3/c1-4-31(26,27)18-8-6-5-7-15(18)19(24)22-21-23(11-12-29-3)16-10-9-14(20(25)28-2)13-17(16)30-21/h5-10,13H,4,11-12H2,1-3H3. The van der Waals surface area contributed by atoms with Crippen molar-refractivity contribution in [3.05, 3.63) is 58.4 Å². The summed E-state index contributed by atoms with van der Waals surface area (Å²) in [5.74, 6) is -0.374. The topological polar surface area (TPSA) is 94.8 Å². The van der Waals surface area contributed by atoms with E-state index in [1.54, 1.807) is 42.1 Å². The second kappa shape index (κ2) is 9.80. The first-order valence-electron chi connectivity index (χ1n) is 9.44. The molecule has 0 saturated heterocycles. The Kier molecular flexibility index (Phi) is 7.34. The molecule has 0 aliphatic rings. The minimum atomic E-state index is -3.57. The summed E-state index contributed by atoms with van der Waals surface area (Å²) in [5, 5.41) is 0. The van der Waals surface area contributed by atoms with Crippen molar-refractivity contribution in [1.82, 2.24) is 4.57 Å².